The fourth-order valence-corrected chi connectivity index (χ4v) is 1.20. The first-order valence-corrected chi connectivity index (χ1v) is 7.19. The molecule has 0 saturated heterocycles. The topological polar surface area (TPSA) is 107 Å². The molecule has 1 rings (SSSR count). The molecule has 3 N–H and O–H groups in total. The van der Waals surface area contributed by atoms with Gasteiger partial charge in [0.15, 0.2) is 0 Å². The molecule has 0 aliphatic rings. The van der Waals surface area contributed by atoms with Gasteiger partial charge in [-0.15, -0.1) is 0 Å². The summed E-state index contributed by atoms with van der Waals surface area (Å²) in [5, 5.41) is 8.01. The number of carboxylic acids is 1. The number of nitrogens with two attached hydrogens (primary N) is 1. The first-order chi connectivity index (χ1) is 9.38. The lowest BCUT2D eigenvalue weighted by Gasteiger charge is -2.15. The van der Waals surface area contributed by atoms with Crippen LogP contribution in [0.4, 0.5) is 0 Å². The maximum Gasteiger partial charge on any atom is 0.321 e. The van der Waals surface area contributed by atoms with Crippen LogP contribution in [-0.2, 0) is 16.1 Å². The predicted molar refractivity (Wildman–Crippen MR) is 81.6 cm³/mol. The fraction of sp³-hybridized carbons (Fsp3) is 0.250. The van der Waals surface area contributed by atoms with E-state index in [1.54, 1.807) is 6.08 Å². The Balaban J connectivity index is 0.000000441. The summed E-state index contributed by atoms with van der Waals surface area (Å²) in [4.78, 5) is 9.76. The van der Waals surface area contributed by atoms with E-state index in [-0.39, 0.29) is 5.75 Å². The van der Waals surface area contributed by atoms with Crippen molar-refractivity contribution in [1.82, 2.24) is 4.31 Å². The summed E-state index contributed by atoms with van der Waals surface area (Å²) in [6.07, 6.45) is 3.23. The van der Waals surface area contributed by atoms with Crippen molar-refractivity contribution in [3.05, 3.63) is 42.1 Å². The highest BCUT2D eigenvalue weighted by Gasteiger charge is 2.06. The van der Waals surface area contributed by atoms with E-state index < -0.39 is 23.3 Å². The van der Waals surface area contributed by atoms with Crippen molar-refractivity contribution in [1.29, 1.82) is 0 Å². The third-order valence-electron chi connectivity index (χ3n) is 2.03. The molecule has 8 heteroatoms. The van der Waals surface area contributed by atoms with E-state index in [4.69, 9.17) is 10.8 Å². The van der Waals surface area contributed by atoms with Gasteiger partial charge in [0.25, 0.3) is 0 Å². The molecule has 0 bridgehead atoms. The normalized spacial score (nSPS) is 13.2. The minimum Gasteiger partial charge on any atom is -0.755 e. The molecule has 2 unspecified atom stereocenters. The van der Waals surface area contributed by atoms with E-state index in [0.717, 1.165) is 9.87 Å². The molecule has 1 aromatic rings. The van der Waals surface area contributed by atoms with Gasteiger partial charge in [0.1, 0.15) is 6.04 Å². The number of thiol groups is 1. The quantitative estimate of drug-likeness (QED) is 0.548. The Morgan fingerprint density at radius 1 is 1.55 bits per heavy atom. The van der Waals surface area contributed by atoms with Crippen LogP contribution in [0.1, 0.15) is 5.56 Å². The zero-order valence-electron chi connectivity index (χ0n) is 10.9. The van der Waals surface area contributed by atoms with Crippen LogP contribution < -0.4 is 5.73 Å². The number of aliphatic carboxylic acids is 1. The summed E-state index contributed by atoms with van der Waals surface area (Å²) in [6, 6.07) is 8.69. The van der Waals surface area contributed by atoms with Gasteiger partial charge < -0.3 is 19.7 Å². The van der Waals surface area contributed by atoms with Gasteiger partial charge in [-0.25, -0.2) is 0 Å². The summed E-state index contributed by atoms with van der Waals surface area (Å²) in [7, 11) is 1.47. The lowest BCUT2D eigenvalue weighted by molar-refractivity contribution is -0.137. The Hall–Kier alpha value is -1.35. The summed E-state index contributed by atoms with van der Waals surface area (Å²) >= 11 is 1.46. The summed E-state index contributed by atoms with van der Waals surface area (Å²) in [6.45, 7) is 0. The fourth-order valence-electron chi connectivity index (χ4n) is 0.883. The van der Waals surface area contributed by atoms with Crippen LogP contribution in [0.2, 0.25) is 0 Å². The Bertz CT molecular complexity index is 454. The predicted octanol–water partition coefficient (Wildman–Crippen LogP) is 0.711. The zero-order valence-corrected chi connectivity index (χ0v) is 12.6. The maximum atomic E-state index is 10.4. The second-order valence-electron chi connectivity index (χ2n) is 3.62. The molecule has 2 atom stereocenters. The standard InChI is InChI=1S/C9H11NO2S.C3H7NO2S/c1-10(13(11)12)8-7-9-5-3-2-4-6-9;4-2(1-7)3(5)6/h2-8H,1H3,(H,11,12);2,7H,1,4H2,(H,5,6)/p-1. The molecule has 112 valence electrons. The highest BCUT2D eigenvalue weighted by Crippen LogP contribution is 2.02. The number of nitrogens with zero attached hydrogens (tertiary/aromatic N) is 1. The molecule has 20 heavy (non-hydrogen) atoms. The van der Waals surface area contributed by atoms with E-state index >= 15 is 0 Å². The molecule has 6 nitrogen and oxygen atoms in total. The van der Waals surface area contributed by atoms with Gasteiger partial charge in [0.05, 0.1) is 0 Å². The summed E-state index contributed by atoms with van der Waals surface area (Å²) in [5.74, 6) is -0.815. The number of carboxylic acid groups (broad SMARTS) is 1. The number of rotatable bonds is 5. The van der Waals surface area contributed by atoms with Crippen LogP contribution in [0.5, 0.6) is 0 Å². The second kappa shape index (κ2) is 10.4. The molecule has 0 fully saturated rings. The van der Waals surface area contributed by atoms with E-state index in [1.165, 1.54) is 13.2 Å². The third-order valence-corrected chi connectivity index (χ3v) is 3.01. The Labute approximate surface area is 126 Å². The molecule has 0 saturated carbocycles. The van der Waals surface area contributed by atoms with Crippen LogP contribution in [0.15, 0.2) is 36.5 Å². The lowest BCUT2D eigenvalue weighted by Crippen LogP contribution is -2.31. The van der Waals surface area contributed by atoms with Crippen molar-refractivity contribution >= 4 is 35.9 Å². The smallest absolute Gasteiger partial charge is 0.321 e. The molecule has 0 radical (unpaired) electrons. The van der Waals surface area contributed by atoms with E-state index in [9.17, 15) is 13.6 Å². The number of hydrogen-bond donors (Lipinski definition) is 3. The lowest BCUT2D eigenvalue weighted by atomic mass is 10.2. The molecule has 0 aromatic heterocycles. The van der Waals surface area contributed by atoms with Crippen molar-refractivity contribution in [3.63, 3.8) is 0 Å². The molecule has 0 spiro atoms. The SMILES string of the molecule is CN(C=Cc1ccccc1)S(=O)[O-].NC(CS)C(=O)O. The molecule has 0 aliphatic carbocycles. The first kappa shape index (κ1) is 18.7. The monoisotopic (exact) mass is 317 g/mol. The average Bonchev–Trinajstić information content (AvgIpc) is 2.45. The highest BCUT2D eigenvalue weighted by atomic mass is 32.2. The average molecular weight is 317 g/mol. The number of benzene rings is 1. The van der Waals surface area contributed by atoms with E-state index in [1.807, 2.05) is 30.3 Å². The van der Waals surface area contributed by atoms with Crippen LogP contribution in [0.25, 0.3) is 6.08 Å². The maximum absolute atomic E-state index is 10.4. The van der Waals surface area contributed by atoms with Gasteiger partial charge in [0, 0.05) is 30.3 Å². The van der Waals surface area contributed by atoms with Crippen LogP contribution in [-0.4, -0.2) is 43.0 Å². The molecule has 1 aromatic carbocycles. The minimum absolute atomic E-state index is 0.190. The van der Waals surface area contributed by atoms with Gasteiger partial charge in [-0.1, -0.05) is 30.3 Å². The summed E-state index contributed by atoms with van der Waals surface area (Å²) in [5.41, 5.74) is 5.91. The highest BCUT2D eigenvalue weighted by molar-refractivity contribution is 7.80. The van der Waals surface area contributed by atoms with Gasteiger partial charge in [-0.3, -0.25) is 9.00 Å². The van der Waals surface area contributed by atoms with Crippen LogP contribution >= 0.6 is 12.6 Å². The van der Waals surface area contributed by atoms with Gasteiger partial charge >= 0.3 is 5.97 Å². The van der Waals surface area contributed by atoms with Crippen LogP contribution in [0.3, 0.4) is 0 Å². The van der Waals surface area contributed by atoms with Crippen LogP contribution in [0, 0.1) is 0 Å². The number of carbonyl (C=O) groups is 1. The Morgan fingerprint density at radius 2 is 2.10 bits per heavy atom. The number of hydrogen-bond acceptors (Lipinski definition) is 5. The molecule has 0 amide bonds. The van der Waals surface area contributed by atoms with Gasteiger partial charge in [0.2, 0.25) is 0 Å². The van der Waals surface area contributed by atoms with E-state index in [0.29, 0.717) is 0 Å². The minimum atomic E-state index is -2.19. The van der Waals surface area contributed by atoms with Gasteiger partial charge in [-0.05, 0) is 11.6 Å². The van der Waals surface area contributed by atoms with E-state index in [2.05, 4.69) is 12.6 Å². The largest absolute Gasteiger partial charge is 0.755 e. The van der Waals surface area contributed by atoms with Crippen molar-refractivity contribution in [2.75, 3.05) is 12.8 Å². The second-order valence-corrected chi connectivity index (χ2v) is 4.99. The first-order valence-electron chi connectivity index (χ1n) is 5.53. The van der Waals surface area contributed by atoms with Gasteiger partial charge in [-0.2, -0.15) is 12.6 Å². The van der Waals surface area contributed by atoms with Crippen molar-refractivity contribution < 1.29 is 18.7 Å². The zero-order chi connectivity index (χ0) is 15.5. The Morgan fingerprint density at radius 3 is 2.45 bits per heavy atom. The van der Waals surface area contributed by atoms with Crippen molar-refractivity contribution in [2.45, 2.75) is 6.04 Å². The molecular formula is C12H17N2O4S2-. The van der Waals surface area contributed by atoms with Crippen molar-refractivity contribution in [2.24, 2.45) is 5.73 Å². The molecular weight excluding hydrogens is 300 g/mol. The molecule has 0 heterocycles. The third kappa shape index (κ3) is 8.70. The Kier molecular flexibility index (Phi) is 9.73. The summed E-state index contributed by atoms with van der Waals surface area (Å²) < 4.78 is 21.9. The van der Waals surface area contributed by atoms with Crippen molar-refractivity contribution in [3.8, 4) is 0 Å². The molecule has 0 aliphatic heterocycles.